The number of fused-ring (bicyclic) bond motifs is 1. The first kappa shape index (κ1) is 9.39. The summed E-state index contributed by atoms with van der Waals surface area (Å²) in [6, 6.07) is 7.28. The molecule has 0 bridgehead atoms. The molecule has 78 valence electrons. The van der Waals surface area contributed by atoms with E-state index in [-0.39, 0.29) is 12.4 Å². The van der Waals surface area contributed by atoms with Crippen LogP contribution in [0.2, 0.25) is 0 Å². The highest BCUT2D eigenvalue weighted by molar-refractivity contribution is 5.81. The number of oxime groups is 1. The molecule has 0 radical (unpaired) electrons. The van der Waals surface area contributed by atoms with E-state index in [1.807, 2.05) is 12.1 Å². The van der Waals surface area contributed by atoms with E-state index in [2.05, 4.69) is 5.16 Å². The minimum atomic E-state index is 0.0227. The number of amidine groups is 1. The lowest BCUT2D eigenvalue weighted by Gasteiger charge is -2.03. The van der Waals surface area contributed by atoms with Gasteiger partial charge in [0.05, 0.1) is 6.26 Å². The van der Waals surface area contributed by atoms with Crippen molar-refractivity contribution in [3.05, 3.63) is 30.5 Å². The number of nitrogens with two attached hydrogens (primary N) is 1. The monoisotopic (exact) mass is 206 g/mol. The van der Waals surface area contributed by atoms with Crippen molar-refractivity contribution < 1.29 is 14.4 Å². The Kier molecular flexibility index (Phi) is 2.45. The van der Waals surface area contributed by atoms with E-state index in [0.29, 0.717) is 5.75 Å². The SMILES string of the molecule is NC(COc1ccc2ccoc2c1)=NO. The molecule has 15 heavy (non-hydrogen) atoms. The van der Waals surface area contributed by atoms with Gasteiger partial charge >= 0.3 is 0 Å². The predicted octanol–water partition coefficient (Wildman–Crippen LogP) is 1.56. The Balaban J connectivity index is 2.14. The quantitative estimate of drug-likeness (QED) is 0.345. The fourth-order valence-electron chi connectivity index (χ4n) is 1.21. The number of rotatable bonds is 3. The van der Waals surface area contributed by atoms with Crippen LogP contribution in [0.4, 0.5) is 0 Å². The molecule has 0 aliphatic carbocycles. The maximum atomic E-state index is 8.32. The van der Waals surface area contributed by atoms with Gasteiger partial charge in [0, 0.05) is 11.5 Å². The highest BCUT2D eigenvalue weighted by atomic mass is 16.5. The Morgan fingerprint density at radius 3 is 3.13 bits per heavy atom. The second-order valence-corrected chi connectivity index (χ2v) is 3.00. The fourth-order valence-corrected chi connectivity index (χ4v) is 1.21. The number of benzene rings is 1. The van der Waals surface area contributed by atoms with Crippen molar-refractivity contribution in [1.29, 1.82) is 0 Å². The van der Waals surface area contributed by atoms with Crippen LogP contribution >= 0.6 is 0 Å². The van der Waals surface area contributed by atoms with Crippen molar-refractivity contribution >= 4 is 16.8 Å². The van der Waals surface area contributed by atoms with Crippen LogP contribution in [0.15, 0.2) is 40.1 Å². The third-order valence-corrected chi connectivity index (χ3v) is 1.94. The highest BCUT2D eigenvalue weighted by Gasteiger charge is 2.00. The van der Waals surface area contributed by atoms with E-state index in [1.54, 1.807) is 18.4 Å². The van der Waals surface area contributed by atoms with E-state index < -0.39 is 0 Å². The second-order valence-electron chi connectivity index (χ2n) is 3.00. The third kappa shape index (κ3) is 2.01. The average molecular weight is 206 g/mol. The Hall–Kier alpha value is -2.17. The zero-order chi connectivity index (χ0) is 10.7. The number of hydrogen-bond donors (Lipinski definition) is 2. The molecule has 1 aromatic carbocycles. The van der Waals surface area contributed by atoms with Crippen LogP contribution in [0.25, 0.3) is 11.0 Å². The van der Waals surface area contributed by atoms with Crippen LogP contribution in [-0.2, 0) is 0 Å². The standard InChI is InChI=1S/C10H10N2O3/c11-10(12-13)6-15-8-2-1-7-3-4-14-9(7)5-8/h1-5,13H,6H2,(H2,11,12). The molecule has 1 heterocycles. The molecule has 0 saturated heterocycles. The minimum absolute atomic E-state index is 0.0227. The first-order chi connectivity index (χ1) is 7.29. The van der Waals surface area contributed by atoms with E-state index in [4.69, 9.17) is 20.1 Å². The zero-order valence-electron chi connectivity index (χ0n) is 7.88. The van der Waals surface area contributed by atoms with Crippen molar-refractivity contribution in [3.63, 3.8) is 0 Å². The molecule has 2 aromatic rings. The van der Waals surface area contributed by atoms with Crippen LogP contribution in [0.1, 0.15) is 0 Å². The summed E-state index contributed by atoms with van der Waals surface area (Å²) >= 11 is 0. The summed E-state index contributed by atoms with van der Waals surface area (Å²) in [4.78, 5) is 0. The summed E-state index contributed by atoms with van der Waals surface area (Å²) in [5, 5.41) is 12.1. The van der Waals surface area contributed by atoms with Crippen LogP contribution in [0.5, 0.6) is 5.75 Å². The van der Waals surface area contributed by atoms with Crippen molar-refractivity contribution in [1.82, 2.24) is 0 Å². The number of furan rings is 1. The predicted molar refractivity (Wildman–Crippen MR) is 55.1 cm³/mol. The van der Waals surface area contributed by atoms with E-state index in [1.165, 1.54) is 0 Å². The normalized spacial score (nSPS) is 11.9. The van der Waals surface area contributed by atoms with Crippen molar-refractivity contribution in [3.8, 4) is 5.75 Å². The Bertz CT molecular complexity index is 490. The van der Waals surface area contributed by atoms with Gasteiger partial charge in [0.25, 0.3) is 0 Å². The topological polar surface area (TPSA) is 81.0 Å². The molecule has 0 saturated carbocycles. The lowest BCUT2D eigenvalue weighted by molar-refractivity contribution is 0.306. The minimum Gasteiger partial charge on any atom is -0.485 e. The molecular formula is C10H10N2O3. The number of hydrogen-bond acceptors (Lipinski definition) is 4. The first-order valence-corrected chi connectivity index (χ1v) is 4.36. The Morgan fingerprint density at radius 1 is 1.47 bits per heavy atom. The van der Waals surface area contributed by atoms with Crippen LogP contribution in [0.3, 0.4) is 0 Å². The molecule has 1 aromatic heterocycles. The molecule has 0 aliphatic rings. The molecule has 5 nitrogen and oxygen atoms in total. The van der Waals surface area contributed by atoms with E-state index in [0.717, 1.165) is 11.0 Å². The Morgan fingerprint density at radius 2 is 2.33 bits per heavy atom. The van der Waals surface area contributed by atoms with Crippen LogP contribution in [0, 0.1) is 0 Å². The van der Waals surface area contributed by atoms with Gasteiger partial charge in [-0.1, -0.05) is 5.16 Å². The summed E-state index contributed by atoms with van der Waals surface area (Å²) in [5.41, 5.74) is 6.01. The molecule has 0 atom stereocenters. The summed E-state index contributed by atoms with van der Waals surface area (Å²) in [5.74, 6) is 0.638. The molecule has 0 unspecified atom stereocenters. The van der Waals surface area contributed by atoms with Gasteiger partial charge in [0.2, 0.25) is 0 Å². The Labute approximate surface area is 85.7 Å². The summed E-state index contributed by atoms with van der Waals surface area (Å²) < 4.78 is 10.5. The third-order valence-electron chi connectivity index (χ3n) is 1.94. The molecule has 0 fully saturated rings. The van der Waals surface area contributed by atoms with Crippen LogP contribution < -0.4 is 10.5 Å². The highest BCUT2D eigenvalue weighted by Crippen LogP contribution is 2.21. The van der Waals surface area contributed by atoms with Gasteiger partial charge in [0.15, 0.2) is 5.84 Å². The smallest absolute Gasteiger partial charge is 0.177 e. The van der Waals surface area contributed by atoms with Gasteiger partial charge in [-0.25, -0.2) is 0 Å². The van der Waals surface area contributed by atoms with E-state index in [9.17, 15) is 0 Å². The molecule has 3 N–H and O–H groups in total. The maximum absolute atomic E-state index is 8.32. The molecule has 2 rings (SSSR count). The second kappa shape index (κ2) is 3.91. The number of ether oxygens (including phenoxy) is 1. The van der Waals surface area contributed by atoms with E-state index >= 15 is 0 Å². The van der Waals surface area contributed by atoms with Crippen LogP contribution in [-0.4, -0.2) is 17.6 Å². The largest absolute Gasteiger partial charge is 0.485 e. The van der Waals surface area contributed by atoms with Gasteiger partial charge < -0.3 is 20.1 Å². The molecular weight excluding hydrogens is 196 g/mol. The summed E-state index contributed by atoms with van der Waals surface area (Å²) in [7, 11) is 0. The zero-order valence-corrected chi connectivity index (χ0v) is 7.88. The molecule has 0 amide bonds. The maximum Gasteiger partial charge on any atom is 0.177 e. The summed E-state index contributed by atoms with van der Waals surface area (Å²) in [6.45, 7) is 0.0444. The number of nitrogens with zero attached hydrogens (tertiary/aromatic N) is 1. The molecule has 5 heteroatoms. The van der Waals surface area contributed by atoms with Crippen molar-refractivity contribution in [2.45, 2.75) is 0 Å². The van der Waals surface area contributed by atoms with Crippen molar-refractivity contribution in [2.75, 3.05) is 6.61 Å². The fraction of sp³-hybridized carbons (Fsp3) is 0.100. The lowest BCUT2D eigenvalue weighted by atomic mass is 10.2. The molecule has 0 aliphatic heterocycles. The van der Waals surface area contributed by atoms with Gasteiger partial charge in [-0.05, 0) is 18.2 Å². The van der Waals surface area contributed by atoms with Gasteiger partial charge in [-0.2, -0.15) is 0 Å². The average Bonchev–Trinajstić information content (AvgIpc) is 2.72. The first-order valence-electron chi connectivity index (χ1n) is 4.36. The van der Waals surface area contributed by atoms with Gasteiger partial charge in [-0.3, -0.25) is 0 Å². The summed E-state index contributed by atoms with van der Waals surface area (Å²) in [6.07, 6.45) is 1.61. The molecule has 0 spiro atoms. The van der Waals surface area contributed by atoms with Crippen molar-refractivity contribution in [2.24, 2.45) is 10.9 Å². The van der Waals surface area contributed by atoms with Gasteiger partial charge in [-0.15, -0.1) is 0 Å². The van der Waals surface area contributed by atoms with Gasteiger partial charge in [0.1, 0.15) is 17.9 Å². The lowest BCUT2D eigenvalue weighted by Crippen LogP contribution is -2.20.